The Balaban J connectivity index is 1.62. The molecule has 1 atom stereocenters. The molecular formula is C18H17N3O4S. The van der Waals surface area contributed by atoms with Gasteiger partial charge in [0.25, 0.3) is 5.91 Å². The maximum absolute atomic E-state index is 12.6. The van der Waals surface area contributed by atoms with Crippen molar-refractivity contribution in [2.75, 3.05) is 6.61 Å². The number of carboxylic acid groups (broad SMARTS) is 1. The fourth-order valence-electron chi connectivity index (χ4n) is 3.19. The summed E-state index contributed by atoms with van der Waals surface area (Å²) < 4.78 is 7.17. The third kappa shape index (κ3) is 2.72. The van der Waals surface area contributed by atoms with E-state index in [1.54, 1.807) is 28.9 Å². The zero-order chi connectivity index (χ0) is 18.4. The molecule has 0 fully saturated rings. The molecule has 0 radical (unpaired) electrons. The van der Waals surface area contributed by atoms with Crippen LogP contribution in [0.15, 0.2) is 24.3 Å². The second-order valence-corrected chi connectivity index (χ2v) is 7.28. The van der Waals surface area contributed by atoms with Crippen LogP contribution in [-0.2, 0) is 18.3 Å². The predicted molar refractivity (Wildman–Crippen MR) is 96.8 cm³/mol. The number of hydrogen-bond donors (Lipinski definition) is 2. The van der Waals surface area contributed by atoms with Crippen LogP contribution in [0.3, 0.4) is 0 Å². The van der Waals surface area contributed by atoms with Crippen molar-refractivity contribution in [3.63, 3.8) is 0 Å². The highest BCUT2D eigenvalue weighted by molar-refractivity contribution is 7.20. The average Bonchev–Trinajstić information content (AvgIpc) is 3.29. The van der Waals surface area contributed by atoms with Gasteiger partial charge in [-0.3, -0.25) is 9.48 Å². The smallest absolute Gasteiger partial charge is 0.330 e. The quantitative estimate of drug-likeness (QED) is 0.735. The molecule has 0 bridgehead atoms. The third-order valence-corrected chi connectivity index (χ3v) is 5.69. The van der Waals surface area contributed by atoms with E-state index in [0.29, 0.717) is 17.0 Å². The first-order valence-electron chi connectivity index (χ1n) is 8.16. The Labute approximate surface area is 153 Å². The molecule has 3 aromatic rings. The van der Waals surface area contributed by atoms with Crippen LogP contribution >= 0.6 is 11.3 Å². The number of aromatic nitrogens is 2. The second-order valence-electron chi connectivity index (χ2n) is 6.25. The molecule has 1 aromatic carbocycles. The summed E-state index contributed by atoms with van der Waals surface area (Å²) in [7, 11) is 1.82. The molecule has 0 spiro atoms. The summed E-state index contributed by atoms with van der Waals surface area (Å²) in [5.74, 6) is -0.734. The number of hydrogen-bond acceptors (Lipinski definition) is 5. The molecule has 1 aliphatic rings. The van der Waals surface area contributed by atoms with Crippen molar-refractivity contribution >= 4 is 33.4 Å². The maximum Gasteiger partial charge on any atom is 0.330 e. The first kappa shape index (κ1) is 16.6. The van der Waals surface area contributed by atoms with E-state index in [2.05, 4.69) is 10.4 Å². The van der Waals surface area contributed by atoms with E-state index >= 15 is 0 Å². The first-order valence-corrected chi connectivity index (χ1v) is 8.98. The molecule has 1 amide bonds. The van der Waals surface area contributed by atoms with Crippen LogP contribution in [0.5, 0.6) is 5.75 Å². The van der Waals surface area contributed by atoms with Crippen LogP contribution in [0.4, 0.5) is 0 Å². The van der Waals surface area contributed by atoms with Crippen LogP contribution in [0.2, 0.25) is 0 Å². The van der Waals surface area contributed by atoms with E-state index in [1.807, 2.05) is 14.0 Å². The van der Waals surface area contributed by atoms with Crippen molar-refractivity contribution in [1.82, 2.24) is 15.1 Å². The zero-order valence-electron chi connectivity index (χ0n) is 14.3. The van der Waals surface area contributed by atoms with Gasteiger partial charge in [0.2, 0.25) is 0 Å². The summed E-state index contributed by atoms with van der Waals surface area (Å²) >= 11 is 1.30. The number of carbonyl (C=O) groups is 2. The Morgan fingerprint density at radius 3 is 2.92 bits per heavy atom. The van der Waals surface area contributed by atoms with Gasteiger partial charge in [-0.05, 0) is 36.2 Å². The highest BCUT2D eigenvalue weighted by Gasteiger charge is 2.26. The van der Waals surface area contributed by atoms with Gasteiger partial charge in [0, 0.05) is 18.9 Å². The molecule has 3 heterocycles. The molecule has 8 heteroatoms. The molecule has 1 aliphatic heterocycles. The number of aliphatic carboxylic acids is 1. The number of thiophene rings is 1. The van der Waals surface area contributed by atoms with E-state index in [-0.39, 0.29) is 0 Å². The minimum absolute atomic E-state index is 0.408. The molecule has 0 aliphatic carbocycles. The molecule has 4 rings (SSSR count). The average molecular weight is 371 g/mol. The molecule has 2 N–H and O–H groups in total. The number of ether oxygens (including phenoxy) is 1. The third-order valence-electron chi connectivity index (χ3n) is 4.49. The van der Waals surface area contributed by atoms with Gasteiger partial charge in [0.15, 0.2) is 6.04 Å². The van der Waals surface area contributed by atoms with E-state index in [1.165, 1.54) is 11.3 Å². The Hall–Kier alpha value is -2.87. The van der Waals surface area contributed by atoms with E-state index in [9.17, 15) is 14.7 Å². The first-order chi connectivity index (χ1) is 12.4. The normalized spacial score (nSPS) is 14.1. The number of carboxylic acids is 1. The number of benzene rings is 1. The van der Waals surface area contributed by atoms with Gasteiger partial charge in [0.1, 0.15) is 10.6 Å². The van der Waals surface area contributed by atoms with Crippen LogP contribution in [0, 0.1) is 6.92 Å². The van der Waals surface area contributed by atoms with Gasteiger partial charge >= 0.3 is 5.97 Å². The summed E-state index contributed by atoms with van der Waals surface area (Å²) in [5, 5.41) is 17.5. The number of amides is 1. The van der Waals surface area contributed by atoms with Crippen molar-refractivity contribution in [3.8, 4) is 5.75 Å². The SMILES string of the molecule is Cc1nn(C)c2sc(C(=O)NC(C(=O)O)c3ccc4c(c3)CCO4)cc12. The maximum atomic E-state index is 12.6. The van der Waals surface area contributed by atoms with Crippen molar-refractivity contribution in [2.45, 2.75) is 19.4 Å². The van der Waals surface area contributed by atoms with Gasteiger partial charge in [0.05, 0.1) is 17.2 Å². The summed E-state index contributed by atoms with van der Waals surface area (Å²) in [4.78, 5) is 25.7. The summed E-state index contributed by atoms with van der Waals surface area (Å²) in [6, 6.07) is 5.88. The Kier molecular flexibility index (Phi) is 3.91. The minimum Gasteiger partial charge on any atom is -0.493 e. The Morgan fingerprint density at radius 2 is 2.19 bits per heavy atom. The van der Waals surface area contributed by atoms with E-state index in [4.69, 9.17) is 4.74 Å². The number of rotatable bonds is 4. The standard InChI is InChI=1S/C18H17N3O4S/c1-9-12-8-14(26-17(12)21(2)20-9)16(22)19-15(18(23)24)11-3-4-13-10(7-11)5-6-25-13/h3-4,7-8,15H,5-6H2,1-2H3,(H,19,22)(H,23,24). The van der Waals surface area contributed by atoms with Gasteiger partial charge in [-0.1, -0.05) is 6.07 Å². The molecule has 0 saturated carbocycles. The number of fused-ring (bicyclic) bond motifs is 2. The molecule has 2 aromatic heterocycles. The van der Waals surface area contributed by atoms with Crippen LogP contribution in [0.1, 0.15) is 32.5 Å². The lowest BCUT2D eigenvalue weighted by atomic mass is 10.0. The van der Waals surface area contributed by atoms with Crippen LogP contribution in [-0.4, -0.2) is 33.4 Å². The van der Waals surface area contributed by atoms with Gasteiger partial charge in [-0.25, -0.2) is 4.79 Å². The van der Waals surface area contributed by atoms with Gasteiger partial charge in [-0.15, -0.1) is 11.3 Å². The fraction of sp³-hybridized carbons (Fsp3) is 0.278. The van der Waals surface area contributed by atoms with Crippen molar-refractivity contribution < 1.29 is 19.4 Å². The van der Waals surface area contributed by atoms with E-state index in [0.717, 1.165) is 33.6 Å². The van der Waals surface area contributed by atoms with Gasteiger partial charge < -0.3 is 15.2 Å². The lowest BCUT2D eigenvalue weighted by molar-refractivity contribution is -0.139. The molecular weight excluding hydrogens is 354 g/mol. The highest BCUT2D eigenvalue weighted by Crippen LogP contribution is 2.30. The van der Waals surface area contributed by atoms with Crippen LogP contribution in [0.25, 0.3) is 10.2 Å². The monoisotopic (exact) mass is 371 g/mol. The number of aryl methyl sites for hydroxylation is 2. The predicted octanol–water partition coefficient (Wildman–Crippen LogP) is 2.43. The zero-order valence-corrected chi connectivity index (χ0v) is 15.1. The lowest BCUT2D eigenvalue weighted by Crippen LogP contribution is -2.33. The van der Waals surface area contributed by atoms with Crippen molar-refractivity contribution in [1.29, 1.82) is 0 Å². The van der Waals surface area contributed by atoms with E-state index < -0.39 is 17.9 Å². The largest absolute Gasteiger partial charge is 0.493 e. The molecule has 7 nitrogen and oxygen atoms in total. The summed E-state index contributed by atoms with van der Waals surface area (Å²) in [6.07, 6.45) is 0.742. The topological polar surface area (TPSA) is 93.5 Å². The fourth-order valence-corrected chi connectivity index (χ4v) is 4.22. The molecule has 0 saturated heterocycles. The number of carbonyl (C=O) groups excluding carboxylic acids is 1. The second kappa shape index (κ2) is 6.14. The highest BCUT2D eigenvalue weighted by atomic mass is 32.1. The van der Waals surface area contributed by atoms with Gasteiger partial charge in [-0.2, -0.15) is 5.10 Å². The van der Waals surface area contributed by atoms with Crippen molar-refractivity contribution in [2.24, 2.45) is 7.05 Å². The van der Waals surface area contributed by atoms with Crippen molar-refractivity contribution in [3.05, 3.63) is 46.0 Å². The van der Waals surface area contributed by atoms with Crippen LogP contribution < -0.4 is 10.1 Å². The summed E-state index contributed by atoms with van der Waals surface area (Å²) in [6.45, 7) is 2.47. The Bertz CT molecular complexity index is 1000. The Morgan fingerprint density at radius 1 is 1.38 bits per heavy atom. The minimum atomic E-state index is -1.11. The molecule has 134 valence electrons. The molecule has 1 unspecified atom stereocenters. The summed E-state index contributed by atoms with van der Waals surface area (Å²) in [5.41, 5.74) is 2.34. The lowest BCUT2D eigenvalue weighted by Gasteiger charge is -2.15. The number of nitrogens with zero attached hydrogens (tertiary/aromatic N) is 2. The number of nitrogens with one attached hydrogen (secondary N) is 1. The molecule has 26 heavy (non-hydrogen) atoms.